The summed E-state index contributed by atoms with van der Waals surface area (Å²) in [7, 11) is 0. The maximum Gasteiger partial charge on any atom is 0.272 e. The Hall–Kier alpha value is -3.03. The summed E-state index contributed by atoms with van der Waals surface area (Å²) in [6.07, 6.45) is 4.50. The molecule has 0 aliphatic heterocycles. The smallest absolute Gasteiger partial charge is 0.272 e. The molecular weight excluding hydrogens is 349 g/mol. The Balaban J connectivity index is 1.53. The fourth-order valence-corrected chi connectivity index (χ4v) is 2.48. The van der Waals surface area contributed by atoms with Crippen molar-refractivity contribution in [3.8, 4) is 0 Å². The Kier molecular flexibility index (Phi) is 5.34. The van der Waals surface area contributed by atoms with E-state index in [9.17, 15) is 14.0 Å². The zero-order valence-corrected chi connectivity index (χ0v) is 15.3. The van der Waals surface area contributed by atoms with E-state index in [0.717, 1.165) is 18.4 Å². The van der Waals surface area contributed by atoms with Gasteiger partial charge in [-0.2, -0.15) is 0 Å². The summed E-state index contributed by atoms with van der Waals surface area (Å²) >= 11 is 0. The molecule has 1 heterocycles. The summed E-state index contributed by atoms with van der Waals surface area (Å²) in [6.45, 7) is 4.58. The number of hydrazine groups is 1. The van der Waals surface area contributed by atoms with Crippen LogP contribution in [0.3, 0.4) is 0 Å². The Morgan fingerprint density at radius 1 is 1.11 bits per heavy atom. The summed E-state index contributed by atoms with van der Waals surface area (Å²) in [5, 5.41) is 3.12. The van der Waals surface area contributed by atoms with E-state index in [1.807, 2.05) is 13.8 Å². The SMILES string of the molecule is CC(C)(CNc1ncc(C(=O)NNC(=O)C2CC2)cn1)c1ccc(F)cc1. The summed E-state index contributed by atoms with van der Waals surface area (Å²) < 4.78 is 13.1. The van der Waals surface area contributed by atoms with Crippen LogP contribution >= 0.6 is 0 Å². The Labute approximate surface area is 156 Å². The quantitative estimate of drug-likeness (QED) is 0.677. The number of rotatable bonds is 6. The van der Waals surface area contributed by atoms with Gasteiger partial charge in [0.2, 0.25) is 11.9 Å². The third-order valence-electron chi connectivity index (χ3n) is 4.48. The number of carbonyl (C=O) groups is 2. The van der Waals surface area contributed by atoms with Gasteiger partial charge in [0.25, 0.3) is 5.91 Å². The molecule has 0 spiro atoms. The largest absolute Gasteiger partial charge is 0.353 e. The Morgan fingerprint density at radius 3 is 2.33 bits per heavy atom. The molecule has 1 aromatic carbocycles. The van der Waals surface area contributed by atoms with Crippen LogP contribution in [-0.4, -0.2) is 28.3 Å². The summed E-state index contributed by atoms with van der Waals surface area (Å²) in [4.78, 5) is 31.8. The number of amides is 2. The van der Waals surface area contributed by atoms with Gasteiger partial charge in [-0.15, -0.1) is 0 Å². The Morgan fingerprint density at radius 2 is 1.74 bits per heavy atom. The molecule has 8 heteroatoms. The van der Waals surface area contributed by atoms with Crippen molar-refractivity contribution in [1.29, 1.82) is 0 Å². The molecule has 0 bridgehead atoms. The van der Waals surface area contributed by atoms with Crippen molar-refractivity contribution in [2.75, 3.05) is 11.9 Å². The van der Waals surface area contributed by atoms with Crippen LogP contribution in [0.1, 0.15) is 42.6 Å². The number of benzene rings is 1. The maximum atomic E-state index is 13.1. The van der Waals surface area contributed by atoms with Crippen molar-refractivity contribution in [3.05, 3.63) is 53.6 Å². The number of aromatic nitrogens is 2. The number of nitrogens with one attached hydrogen (secondary N) is 3. The predicted octanol–water partition coefficient (Wildman–Crippen LogP) is 2.18. The monoisotopic (exact) mass is 371 g/mol. The van der Waals surface area contributed by atoms with Crippen LogP contribution in [0.5, 0.6) is 0 Å². The molecule has 3 rings (SSSR count). The third kappa shape index (κ3) is 4.99. The van der Waals surface area contributed by atoms with Crippen LogP contribution in [0.25, 0.3) is 0 Å². The normalized spacial score (nSPS) is 13.7. The minimum Gasteiger partial charge on any atom is -0.353 e. The van der Waals surface area contributed by atoms with Crippen molar-refractivity contribution in [1.82, 2.24) is 20.8 Å². The minimum atomic E-state index is -0.470. The van der Waals surface area contributed by atoms with Crippen molar-refractivity contribution in [2.24, 2.45) is 5.92 Å². The van der Waals surface area contributed by atoms with Gasteiger partial charge in [-0.25, -0.2) is 14.4 Å². The highest BCUT2D eigenvalue weighted by Gasteiger charge is 2.29. The van der Waals surface area contributed by atoms with Crippen molar-refractivity contribution < 1.29 is 14.0 Å². The topological polar surface area (TPSA) is 96.0 Å². The molecular formula is C19H22FN5O2. The first kappa shape index (κ1) is 18.8. The predicted molar refractivity (Wildman–Crippen MR) is 98.3 cm³/mol. The molecule has 1 fully saturated rings. The first-order valence-corrected chi connectivity index (χ1v) is 8.77. The lowest BCUT2D eigenvalue weighted by Gasteiger charge is -2.25. The number of hydrogen-bond donors (Lipinski definition) is 3. The van der Waals surface area contributed by atoms with Crippen molar-refractivity contribution >= 4 is 17.8 Å². The summed E-state index contributed by atoms with van der Waals surface area (Å²) in [6, 6.07) is 6.37. The van der Waals surface area contributed by atoms with E-state index in [0.29, 0.717) is 12.5 Å². The number of carbonyl (C=O) groups excluding carboxylic acids is 2. The van der Waals surface area contributed by atoms with E-state index in [4.69, 9.17) is 0 Å². The second kappa shape index (κ2) is 7.69. The van der Waals surface area contributed by atoms with Gasteiger partial charge in [0.05, 0.1) is 5.56 Å². The highest BCUT2D eigenvalue weighted by Crippen LogP contribution is 2.28. The van der Waals surface area contributed by atoms with E-state index >= 15 is 0 Å². The molecule has 2 amide bonds. The highest BCUT2D eigenvalue weighted by molar-refractivity contribution is 5.95. The molecule has 27 heavy (non-hydrogen) atoms. The molecule has 1 aromatic heterocycles. The average molecular weight is 371 g/mol. The van der Waals surface area contributed by atoms with Crippen molar-refractivity contribution in [2.45, 2.75) is 32.1 Å². The van der Waals surface area contributed by atoms with Crippen LogP contribution in [-0.2, 0) is 10.2 Å². The second-order valence-corrected chi connectivity index (χ2v) is 7.26. The lowest BCUT2D eigenvalue weighted by Crippen LogP contribution is -2.42. The van der Waals surface area contributed by atoms with E-state index in [2.05, 4.69) is 26.1 Å². The fraction of sp³-hybridized carbons (Fsp3) is 0.368. The maximum absolute atomic E-state index is 13.1. The lowest BCUT2D eigenvalue weighted by atomic mass is 9.84. The lowest BCUT2D eigenvalue weighted by molar-refractivity contribution is -0.123. The molecule has 142 valence electrons. The molecule has 1 saturated carbocycles. The molecule has 0 radical (unpaired) electrons. The molecule has 0 atom stereocenters. The van der Waals surface area contributed by atoms with Crippen LogP contribution in [0, 0.1) is 11.7 Å². The first-order chi connectivity index (χ1) is 12.8. The molecule has 0 unspecified atom stereocenters. The molecule has 7 nitrogen and oxygen atoms in total. The average Bonchev–Trinajstić information content (AvgIpc) is 3.50. The first-order valence-electron chi connectivity index (χ1n) is 8.77. The zero-order chi connectivity index (χ0) is 19.4. The van der Waals surface area contributed by atoms with Gasteiger partial charge in [-0.1, -0.05) is 26.0 Å². The van der Waals surface area contributed by atoms with Gasteiger partial charge >= 0.3 is 0 Å². The number of hydrogen-bond acceptors (Lipinski definition) is 5. The van der Waals surface area contributed by atoms with Gasteiger partial charge in [-0.05, 0) is 30.5 Å². The molecule has 2 aromatic rings. The number of halogens is 1. The van der Waals surface area contributed by atoms with Gasteiger partial charge in [0, 0.05) is 30.3 Å². The summed E-state index contributed by atoms with van der Waals surface area (Å²) in [5.74, 6) is -0.526. The third-order valence-corrected chi connectivity index (χ3v) is 4.48. The summed E-state index contributed by atoms with van der Waals surface area (Å²) in [5.41, 5.74) is 5.71. The number of nitrogens with zero attached hydrogens (tertiary/aromatic N) is 2. The minimum absolute atomic E-state index is 0.0117. The molecule has 3 N–H and O–H groups in total. The van der Waals surface area contributed by atoms with Crippen LogP contribution in [0.2, 0.25) is 0 Å². The van der Waals surface area contributed by atoms with Crippen LogP contribution in [0.15, 0.2) is 36.7 Å². The van der Waals surface area contributed by atoms with Gasteiger partial charge in [0.15, 0.2) is 0 Å². The number of anilines is 1. The Bertz CT molecular complexity index is 817. The van der Waals surface area contributed by atoms with Crippen molar-refractivity contribution in [3.63, 3.8) is 0 Å². The van der Waals surface area contributed by atoms with Gasteiger partial charge in [-0.3, -0.25) is 20.4 Å². The molecule has 1 aliphatic carbocycles. The molecule has 1 aliphatic rings. The highest BCUT2D eigenvalue weighted by atomic mass is 19.1. The van der Waals surface area contributed by atoms with E-state index in [-0.39, 0.29) is 28.6 Å². The zero-order valence-electron chi connectivity index (χ0n) is 15.3. The van der Waals surface area contributed by atoms with Gasteiger partial charge < -0.3 is 5.32 Å². The second-order valence-electron chi connectivity index (χ2n) is 7.26. The van der Waals surface area contributed by atoms with E-state index in [1.54, 1.807) is 12.1 Å². The fourth-order valence-electron chi connectivity index (χ4n) is 2.48. The van der Waals surface area contributed by atoms with Gasteiger partial charge in [0.1, 0.15) is 5.82 Å². The van der Waals surface area contributed by atoms with Crippen LogP contribution in [0.4, 0.5) is 10.3 Å². The standard InChI is InChI=1S/C19H22FN5O2/c1-19(2,14-5-7-15(20)8-6-14)11-23-18-21-9-13(10-22-18)17(27)25-24-16(26)12-3-4-12/h5-10,12H,3-4,11H2,1-2H3,(H,24,26)(H,25,27)(H,21,22,23). The van der Waals surface area contributed by atoms with E-state index in [1.165, 1.54) is 24.5 Å². The van der Waals surface area contributed by atoms with Crippen LogP contribution < -0.4 is 16.2 Å². The molecule has 0 saturated heterocycles. The van der Waals surface area contributed by atoms with E-state index < -0.39 is 5.91 Å².